The fourth-order valence-electron chi connectivity index (χ4n) is 3.58. The molecule has 0 saturated heterocycles. The van der Waals surface area contributed by atoms with Crippen LogP contribution in [0.15, 0.2) is 65.8 Å². The van der Waals surface area contributed by atoms with Crippen LogP contribution in [0.25, 0.3) is 22.5 Å². The molecule has 3 rings (SSSR count). The second kappa shape index (κ2) is 13.1. The van der Waals surface area contributed by atoms with Crippen LogP contribution in [0.4, 0.5) is 0 Å². The van der Waals surface area contributed by atoms with Crippen molar-refractivity contribution >= 4 is 17.7 Å². The average molecular weight is 451 g/mol. The number of thioether (sulfide) groups is 1. The minimum atomic E-state index is 0.151. The van der Waals surface area contributed by atoms with Crippen LogP contribution >= 0.6 is 11.8 Å². The Kier molecular flexibility index (Phi) is 9.85. The summed E-state index contributed by atoms with van der Waals surface area (Å²) in [5, 5.41) is 3.95. The lowest BCUT2D eigenvalue weighted by Crippen LogP contribution is -2.34. The summed E-state index contributed by atoms with van der Waals surface area (Å²) in [4.78, 5) is 22.8. The normalized spacial score (nSPS) is 11.1. The quantitative estimate of drug-likeness (QED) is 0.268. The number of carbonyl (C=O) groups is 1. The number of aromatic nitrogens is 2. The Balaban J connectivity index is 1.48. The van der Waals surface area contributed by atoms with Crippen LogP contribution in [-0.2, 0) is 4.79 Å². The Hall–Kier alpha value is -2.57. The molecule has 0 saturated carbocycles. The van der Waals surface area contributed by atoms with Crippen molar-refractivity contribution in [2.75, 3.05) is 31.9 Å². The van der Waals surface area contributed by atoms with Crippen LogP contribution in [-0.4, -0.2) is 52.7 Å². The molecule has 5 nitrogen and oxygen atoms in total. The second-order valence-electron chi connectivity index (χ2n) is 7.68. The largest absolute Gasteiger partial charge is 0.355 e. The smallest absolute Gasteiger partial charge is 0.220 e. The molecule has 0 fully saturated rings. The van der Waals surface area contributed by atoms with Crippen LogP contribution in [0.1, 0.15) is 33.1 Å². The van der Waals surface area contributed by atoms with Crippen molar-refractivity contribution < 1.29 is 4.79 Å². The zero-order valence-corrected chi connectivity index (χ0v) is 20.0. The number of carbonyl (C=O) groups excluding carboxylic acids is 1. The van der Waals surface area contributed by atoms with E-state index in [0.29, 0.717) is 6.42 Å². The number of hydrogen-bond acceptors (Lipinski definition) is 4. The Morgan fingerprint density at radius 3 is 2.28 bits per heavy atom. The molecule has 2 N–H and O–H groups in total. The molecule has 0 aliphatic heterocycles. The van der Waals surface area contributed by atoms with Crippen molar-refractivity contribution in [3.8, 4) is 22.5 Å². The first-order valence-corrected chi connectivity index (χ1v) is 12.5. The number of unbranched alkanes of at least 4 members (excludes halogenated alkanes) is 1. The van der Waals surface area contributed by atoms with Crippen LogP contribution in [0.3, 0.4) is 0 Å². The van der Waals surface area contributed by atoms with Crippen molar-refractivity contribution in [2.45, 2.75) is 38.3 Å². The number of aromatic amines is 1. The van der Waals surface area contributed by atoms with Crippen molar-refractivity contribution in [3.63, 3.8) is 0 Å². The van der Waals surface area contributed by atoms with Crippen molar-refractivity contribution in [3.05, 3.63) is 60.7 Å². The van der Waals surface area contributed by atoms with E-state index >= 15 is 0 Å². The highest BCUT2D eigenvalue weighted by atomic mass is 32.2. The van der Waals surface area contributed by atoms with E-state index in [-0.39, 0.29) is 5.91 Å². The highest BCUT2D eigenvalue weighted by molar-refractivity contribution is 7.99. The highest BCUT2D eigenvalue weighted by Gasteiger charge is 2.14. The fourth-order valence-corrected chi connectivity index (χ4v) is 4.45. The van der Waals surface area contributed by atoms with Crippen LogP contribution in [0.5, 0.6) is 0 Å². The monoisotopic (exact) mass is 450 g/mol. The summed E-state index contributed by atoms with van der Waals surface area (Å²) in [5.41, 5.74) is 4.27. The number of rotatable bonds is 13. The molecule has 0 radical (unpaired) electrons. The summed E-state index contributed by atoms with van der Waals surface area (Å²) in [5.74, 6) is 1.08. The Bertz CT molecular complexity index is 882. The Morgan fingerprint density at radius 1 is 0.969 bits per heavy atom. The van der Waals surface area contributed by atoms with Gasteiger partial charge in [0.25, 0.3) is 0 Å². The zero-order valence-electron chi connectivity index (χ0n) is 19.1. The average Bonchev–Trinajstić information content (AvgIpc) is 3.27. The van der Waals surface area contributed by atoms with Crippen LogP contribution in [0, 0.1) is 0 Å². The van der Waals surface area contributed by atoms with E-state index in [9.17, 15) is 4.79 Å². The fraction of sp³-hybridized carbons (Fsp3) is 0.385. The molecule has 0 aliphatic rings. The standard InChI is InChI=1S/C26H34N4OS/c1-3-30(4-2)19-18-27-23(31)17-11-12-20-32-26-28-24(21-13-7-5-8-14-21)25(29-26)22-15-9-6-10-16-22/h5-10,13-16H,3-4,11-12,17-20H2,1-2H3,(H,27,31)(H,28,29). The zero-order chi connectivity index (χ0) is 22.6. The minimum Gasteiger partial charge on any atom is -0.355 e. The SMILES string of the molecule is CCN(CC)CCNC(=O)CCCCSc1nc(-c2ccccc2)c(-c2ccccc2)[nH]1. The molecule has 0 aliphatic carbocycles. The first kappa shape index (κ1) is 24.1. The molecule has 32 heavy (non-hydrogen) atoms. The molecule has 0 spiro atoms. The number of imidazole rings is 1. The summed E-state index contributed by atoms with van der Waals surface area (Å²) >= 11 is 1.72. The predicted molar refractivity (Wildman–Crippen MR) is 135 cm³/mol. The Labute approximate surface area is 196 Å². The lowest BCUT2D eigenvalue weighted by molar-refractivity contribution is -0.121. The van der Waals surface area contributed by atoms with Gasteiger partial charge in [0.15, 0.2) is 5.16 Å². The van der Waals surface area contributed by atoms with Gasteiger partial charge in [-0.25, -0.2) is 4.98 Å². The van der Waals surface area contributed by atoms with Gasteiger partial charge in [0.05, 0.1) is 11.4 Å². The van der Waals surface area contributed by atoms with Gasteiger partial charge in [-0.1, -0.05) is 86.3 Å². The lowest BCUT2D eigenvalue weighted by Gasteiger charge is -2.17. The minimum absolute atomic E-state index is 0.151. The van der Waals surface area contributed by atoms with Gasteiger partial charge in [-0.2, -0.15) is 0 Å². The first-order valence-electron chi connectivity index (χ1n) is 11.5. The number of nitrogens with zero attached hydrogens (tertiary/aromatic N) is 2. The summed E-state index contributed by atoms with van der Waals surface area (Å²) < 4.78 is 0. The van der Waals surface area contributed by atoms with Gasteiger partial charge in [-0.3, -0.25) is 4.79 Å². The molecule has 1 aromatic heterocycles. The summed E-state index contributed by atoms with van der Waals surface area (Å²) in [6, 6.07) is 20.6. The van der Waals surface area contributed by atoms with E-state index in [2.05, 4.69) is 53.3 Å². The van der Waals surface area contributed by atoms with Crippen molar-refractivity contribution in [1.82, 2.24) is 20.2 Å². The van der Waals surface area contributed by atoms with E-state index in [1.165, 1.54) is 0 Å². The highest BCUT2D eigenvalue weighted by Crippen LogP contribution is 2.32. The number of hydrogen-bond donors (Lipinski definition) is 2. The lowest BCUT2D eigenvalue weighted by atomic mass is 10.1. The van der Waals surface area contributed by atoms with Gasteiger partial charge in [0.2, 0.25) is 5.91 Å². The molecule has 1 heterocycles. The van der Waals surface area contributed by atoms with Crippen molar-refractivity contribution in [2.24, 2.45) is 0 Å². The third-order valence-electron chi connectivity index (χ3n) is 5.47. The Morgan fingerprint density at radius 2 is 1.62 bits per heavy atom. The molecular formula is C26H34N4OS. The van der Waals surface area contributed by atoms with Crippen LogP contribution in [0.2, 0.25) is 0 Å². The number of amides is 1. The number of likely N-dealkylation sites (N-methyl/N-ethyl adjacent to an activating group) is 1. The number of benzene rings is 2. The van der Waals surface area contributed by atoms with E-state index in [4.69, 9.17) is 4.98 Å². The molecule has 0 atom stereocenters. The molecule has 1 amide bonds. The van der Waals surface area contributed by atoms with Gasteiger partial charge in [-0.05, 0) is 25.9 Å². The maximum Gasteiger partial charge on any atom is 0.220 e. The first-order chi connectivity index (χ1) is 15.7. The third-order valence-corrected chi connectivity index (χ3v) is 6.43. The molecule has 0 bridgehead atoms. The summed E-state index contributed by atoms with van der Waals surface area (Å²) in [6.07, 6.45) is 2.46. The second-order valence-corrected chi connectivity index (χ2v) is 8.76. The van der Waals surface area contributed by atoms with Gasteiger partial charge in [0.1, 0.15) is 0 Å². The van der Waals surface area contributed by atoms with Gasteiger partial charge in [-0.15, -0.1) is 0 Å². The summed E-state index contributed by atoms with van der Waals surface area (Å²) in [7, 11) is 0. The number of H-pyrrole nitrogens is 1. The molecule has 0 unspecified atom stereocenters. The maximum absolute atomic E-state index is 12.0. The van der Waals surface area contributed by atoms with Crippen LogP contribution < -0.4 is 5.32 Å². The van der Waals surface area contributed by atoms with E-state index in [1.807, 2.05) is 36.4 Å². The maximum atomic E-state index is 12.0. The summed E-state index contributed by atoms with van der Waals surface area (Å²) in [6.45, 7) is 7.98. The van der Waals surface area contributed by atoms with E-state index in [1.54, 1.807) is 11.8 Å². The molecule has 2 aromatic carbocycles. The molecule has 6 heteroatoms. The van der Waals surface area contributed by atoms with E-state index < -0.39 is 0 Å². The number of nitrogens with one attached hydrogen (secondary N) is 2. The van der Waals surface area contributed by atoms with Gasteiger partial charge < -0.3 is 15.2 Å². The van der Waals surface area contributed by atoms with Gasteiger partial charge in [0, 0.05) is 36.4 Å². The van der Waals surface area contributed by atoms with Crippen molar-refractivity contribution in [1.29, 1.82) is 0 Å². The predicted octanol–water partition coefficient (Wildman–Crippen LogP) is 5.46. The third kappa shape index (κ3) is 7.24. The molecule has 3 aromatic rings. The molecular weight excluding hydrogens is 416 g/mol. The molecule has 170 valence electrons. The van der Waals surface area contributed by atoms with E-state index in [0.717, 1.165) is 72.4 Å². The van der Waals surface area contributed by atoms with Gasteiger partial charge >= 0.3 is 0 Å². The topological polar surface area (TPSA) is 61.0 Å².